The number of aromatic nitrogens is 2. The molecule has 0 atom stereocenters. The molecule has 0 bridgehead atoms. The lowest BCUT2D eigenvalue weighted by molar-refractivity contribution is 1.13. The van der Waals surface area contributed by atoms with E-state index in [1.807, 2.05) is 60.7 Å². The van der Waals surface area contributed by atoms with Crippen molar-refractivity contribution in [3.05, 3.63) is 163 Å². The standard InChI is InChI=1S/C44H24BN5/c1-47-39-43(48(27-14-4-2-5-15-27)28-16-6-3-7-17-28)33(26-46)42-38-44(39)50-37-25-11-9-19-30(37)32-21-13-23-35(41(32)50)45(38)34-22-12-20-31-29-18-8-10-24-36(29)49(42)40(31)34/h2-25H. The van der Waals surface area contributed by atoms with Crippen molar-refractivity contribution in [3.63, 3.8) is 0 Å². The monoisotopic (exact) mass is 633 g/mol. The van der Waals surface area contributed by atoms with Gasteiger partial charge in [-0.25, -0.2) is 4.85 Å². The first-order valence-corrected chi connectivity index (χ1v) is 16.8. The van der Waals surface area contributed by atoms with Crippen LogP contribution in [-0.4, -0.2) is 15.8 Å². The highest BCUT2D eigenvalue weighted by Gasteiger charge is 2.44. The summed E-state index contributed by atoms with van der Waals surface area (Å²) in [5.74, 6) is 0. The second-order valence-electron chi connectivity index (χ2n) is 13.0. The average Bonchev–Trinajstić information content (AvgIpc) is 3.70. The van der Waals surface area contributed by atoms with Crippen molar-refractivity contribution in [1.82, 2.24) is 9.13 Å². The molecule has 0 saturated heterocycles. The average molecular weight is 634 g/mol. The summed E-state index contributed by atoms with van der Waals surface area (Å²) in [6.07, 6.45) is 0. The molecular formula is C44H24BN5. The maximum Gasteiger partial charge on any atom is 0.250 e. The molecule has 0 aliphatic carbocycles. The minimum Gasteiger partial charge on any atom is -0.320 e. The van der Waals surface area contributed by atoms with Crippen LogP contribution in [0.5, 0.6) is 0 Å². The predicted octanol–water partition coefficient (Wildman–Crippen LogP) is 8.92. The highest BCUT2D eigenvalue weighted by molar-refractivity contribution is 7.00. The molecule has 5 nitrogen and oxygen atoms in total. The quantitative estimate of drug-likeness (QED) is 0.144. The maximum absolute atomic E-state index is 11.5. The van der Waals surface area contributed by atoms with E-state index in [-0.39, 0.29) is 6.71 Å². The molecule has 50 heavy (non-hydrogen) atoms. The highest BCUT2D eigenvalue weighted by Crippen LogP contribution is 2.51. The lowest BCUT2D eigenvalue weighted by Crippen LogP contribution is -2.59. The third kappa shape index (κ3) is 3.21. The zero-order valence-corrected chi connectivity index (χ0v) is 26.7. The number of fused-ring (bicyclic) bond motifs is 10. The molecule has 0 fully saturated rings. The number of hydrogen-bond acceptors (Lipinski definition) is 2. The zero-order chi connectivity index (χ0) is 33.1. The fourth-order valence-corrected chi connectivity index (χ4v) is 8.94. The molecule has 0 amide bonds. The van der Waals surface area contributed by atoms with Gasteiger partial charge >= 0.3 is 0 Å². The molecule has 9 aromatic rings. The van der Waals surface area contributed by atoms with Gasteiger partial charge in [0.2, 0.25) is 5.69 Å². The van der Waals surface area contributed by atoms with Gasteiger partial charge in [-0.15, -0.1) is 0 Å². The Hall–Kier alpha value is -7.02. The smallest absolute Gasteiger partial charge is 0.250 e. The van der Waals surface area contributed by atoms with Crippen molar-refractivity contribution in [1.29, 1.82) is 5.26 Å². The summed E-state index contributed by atoms with van der Waals surface area (Å²) in [6.45, 7) is 8.82. The molecule has 2 aliphatic heterocycles. The van der Waals surface area contributed by atoms with E-state index in [4.69, 9.17) is 6.57 Å². The Labute approximate surface area is 288 Å². The van der Waals surface area contributed by atoms with Crippen LogP contribution in [0.3, 0.4) is 0 Å². The molecule has 228 valence electrons. The molecule has 11 rings (SSSR count). The van der Waals surface area contributed by atoms with Crippen molar-refractivity contribution in [3.8, 4) is 17.4 Å². The van der Waals surface area contributed by atoms with E-state index in [1.54, 1.807) is 0 Å². The van der Waals surface area contributed by atoms with E-state index in [0.29, 0.717) is 16.9 Å². The summed E-state index contributed by atoms with van der Waals surface area (Å²) in [7, 11) is 0. The van der Waals surface area contributed by atoms with Crippen LogP contribution in [0.4, 0.5) is 22.7 Å². The molecule has 0 radical (unpaired) electrons. The number of rotatable bonds is 3. The third-order valence-electron chi connectivity index (χ3n) is 10.7. The molecule has 7 aromatic carbocycles. The van der Waals surface area contributed by atoms with Gasteiger partial charge in [0.1, 0.15) is 6.07 Å². The molecule has 2 aromatic heterocycles. The molecule has 2 aliphatic rings. The van der Waals surface area contributed by atoms with E-state index in [0.717, 1.165) is 71.8 Å². The summed E-state index contributed by atoms with van der Waals surface area (Å²) in [6, 6.07) is 53.1. The van der Waals surface area contributed by atoms with Crippen LogP contribution in [0.1, 0.15) is 5.56 Å². The highest BCUT2D eigenvalue weighted by atomic mass is 15.2. The largest absolute Gasteiger partial charge is 0.320 e. The van der Waals surface area contributed by atoms with Gasteiger partial charge < -0.3 is 14.0 Å². The zero-order valence-electron chi connectivity index (χ0n) is 26.7. The van der Waals surface area contributed by atoms with E-state index in [9.17, 15) is 5.26 Å². The molecular weight excluding hydrogens is 609 g/mol. The van der Waals surface area contributed by atoms with Gasteiger partial charge in [0.05, 0.1) is 40.2 Å². The van der Waals surface area contributed by atoms with Gasteiger partial charge in [-0.2, -0.15) is 5.26 Å². The van der Waals surface area contributed by atoms with Crippen molar-refractivity contribution in [2.75, 3.05) is 4.90 Å². The van der Waals surface area contributed by atoms with Crippen LogP contribution in [-0.2, 0) is 0 Å². The van der Waals surface area contributed by atoms with Crippen LogP contribution in [0.2, 0.25) is 0 Å². The minimum atomic E-state index is -0.176. The summed E-state index contributed by atoms with van der Waals surface area (Å²) in [5.41, 5.74) is 12.7. The Bertz CT molecular complexity index is 2810. The van der Waals surface area contributed by atoms with Crippen LogP contribution >= 0.6 is 0 Å². The number of benzene rings is 7. The second-order valence-corrected chi connectivity index (χ2v) is 13.0. The van der Waals surface area contributed by atoms with E-state index in [2.05, 4.69) is 110 Å². The molecule has 0 unspecified atom stereocenters. The van der Waals surface area contributed by atoms with Crippen molar-refractivity contribution in [2.24, 2.45) is 0 Å². The Balaban J connectivity index is 1.45. The van der Waals surface area contributed by atoms with Crippen LogP contribution in [0.25, 0.3) is 59.8 Å². The number of nitrogens with zero attached hydrogens (tertiary/aromatic N) is 5. The summed E-state index contributed by atoms with van der Waals surface area (Å²) in [4.78, 5) is 6.53. The Kier molecular flexibility index (Phi) is 5.27. The summed E-state index contributed by atoms with van der Waals surface area (Å²) < 4.78 is 4.63. The molecule has 0 N–H and O–H groups in total. The molecule has 0 spiro atoms. The normalized spacial score (nSPS) is 12.3. The number of anilines is 3. The van der Waals surface area contributed by atoms with Gasteiger partial charge in [-0.1, -0.05) is 109 Å². The fourth-order valence-electron chi connectivity index (χ4n) is 8.94. The van der Waals surface area contributed by atoms with E-state index < -0.39 is 0 Å². The molecule has 4 heterocycles. The minimum absolute atomic E-state index is 0.176. The first-order valence-electron chi connectivity index (χ1n) is 16.8. The Morgan fingerprint density at radius 1 is 0.560 bits per heavy atom. The van der Waals surface area contributed by atoms with Crippen molar-refractivity contribution >= 4 is 89.5 Å². The van der Waals surface area contributed by atoms with Crippen LogP contribution < -0.4 is 21.3 Å². The second kappa shape index (κ2) is 9.76. The van der Waals surface area contributed by atoms with Gasteiger partial charge in [0.15, 0.2) is 0 Å². The van der Waals surface area contributed by atoms with Gasteiger partial charge in [-0.3, -0.25) is 0 Å². The lowest BCUT2D eigenvalue weighted by atomic mass is 9.34. The van der Waals surface area contributed by atoms with Gasteiger partial charge in [0.25, 0.3) is 6.71 Å². The van der Waals surface area contributed by atoms with Gasteiger partial charge in [0, 0.05) is 44.0 Å². The fraction of sp³-hybridized carbons (Fsp3) is 0. The first-order chi connectivity index (χ1) is 24.8. The molecule has 0 saturated carbocycles. The molecule has 6 heteroatoms. The van der Waals surface area contributed by atoms with Crippen molar-refractivity contribution in [2.45, 2.75) is 0 Å². The van der Waals surface area contributed by atoms with Gasteiger partial charge in [-0.05, 0) is 52.8 Å². The first kappa shape index (κ1) is 27.0. The topological polar surface area (TPSA) is 41.2 Å². The Morgan fingerprint density at radius 3 is 1.56 bits per heavy atom. The van der Waals surface area contributed by atoms with Crippen LogP contribution in [0, 0.1) is 17.9 Å². The summed E-state index contributed by atoms with van der Waals surface area (Å²) in [5, 5.41) is 16.1. The predicted molar refractivity (Wildman–Crippen MR) is 205 cm³/mol. The van der Waals surface area contributed by atoms with E-state index >= 15 is 0 Å². The number of para-hydroxylation sites is 6. The number of hydrogen-bond donors (Lipinski definition) is 0. The van der Waals surface area contributed by atoms with Crippen LogP contribution in [0.15, 0.2) is 146 Å². The SMILES string of the molecule is [C-]#[N+]c1c(N(c2ccccc2)c2ccccc2)c(C#N)c2c3c1-n1c4ccccc4c4cccc(c41)B3c1cccc3c4ccccc4n-2c13. The number of nitriles is 1. The maximum atomic E-state index is 11.5. The van der Waals surface area contributed by atoms with Crippen molar-refractivity contribution < 1.29 is 0 Å². The summed E-state index contributed by atoms with van der Waals surface area (Å²) >= 11 is 0. The third-order valence-corrected chi connectivity index (χ3v) is 10.7. The van der Waals surface area contributed by atoms with E-state index in [1.165, 1.54) is 10.9 Å². The lowest BCUT2D eigenvalue weighted by Gasteiger charge is -2.37. The Morgan fingerprint density at radius 2 is 1.04 bits per heavy atom.